The molecule has 3 rings (SSSR count). The minimum absolute atomic E-state index is 0.0621. The largest absolute Gasteiger partial charge is 0.298 e. The number of benzene rings is 1. The Labute approximate surface area is 127 Å². The van der Waals surface area contributed by atoms with Crippen molar-refractivity contribution in [1.82, 2.24) is 9.78 Å². The summed E-state index contributed by atoms with van der Waals surface area (Å²) < 4.78 is 28.5. The number of aldehydes is 1. The topological polar surface area (TPSA) is 34.9 Å². The Morgan fingerprint density at radius 2 is 2.10 bits per heavy atom. The van der Waals surface area contributed by atoms with Gasteiger partial charge in [-0.1, -0.05) is 11.6 Å². The molecule has 21 heavy (non-hydrogen) atoms. The van der Waals surface area contributed by atoms with Crippen molar-refractivity contribution < 1.29 is 13.6 Å². The zero-order chi connectivity index (χ0) is 15.0. The molecule has 0 aliphatic carbocycles. The van der Waals surface area contributed by atoms with Gasteiger partial charge in [-0.15, -0.1) is 11.3 Å². The molecule has 0 aliphatic heterocycles. The Kier molecular flexibility index (Phi) is 3.57. The van der Waals surface area contributed by atoms with E-state index in [4.69, 9.17) is 11.6 Å². The smallest absolute Gasteiger partial charge is 0.153 e. The number of rotatable bonds is 3. The van der Waals surface area contributed by atoms with Gasteiger partial charge in [0.1, 0.15) is 17.2 Å². The minimum Gasteiger partial charge on any atom is -0.298 e. The Morgan fingerprint density at radius 3 is 2.71 bits per heavy atom. The summed E-state index contributed by atoms with van der Waals surface area (Å²) in [6.45, 7) is 0. The third-order valence-electron chi connectivity index (χ3n) is 2.87. The fourth-order valence-electron chi connectivity index (χ4n) is 1.92. The SMILES string of the molecule is O=Cc1cn(-c2ccc(F)cc2F)nc1-c1csc(Cl)c1. The molecule has 0 amide bonds. The summed E-state index contributed by atoms with van der Waals surface area (Å²) in [5.41, 5.74) is 1.44. The van der Waals surface area contributed by atoms with Crippen LogP contribution in [0.15, 0.2) is 35.8 Å². The Hall–Kier alpha value is -2.05. The second kappa shape index (κ2) is 5.38. The van der Waals surface area contributed by atoms with Gasteiger partial charge >= 0.3 is 0 Å². The summed E-state index contributed by atoms with van der Waals surface area (Å²) in [6, 6.07) is 4.82. The van der Waals surface area contributed by atoms with Gasteiger partial charge in [-0.05, 0) is 18.2 Å². The van der Waals surface area contributed by atoms with Crippen LogP contribution in [-0.4, -0.2) is 16.1 Å². The van der Waals surface area contributed by atoms with E-state index in [-0.39, 0.29) is 5.69 Å². The van der Waals surface area contributed by atoms with Crippen LogP contribution in [0, 0.1) is 11.6 Å². The first-order valence-electron chi connectivity index (χ1n) is 5.83. The summed E-state index contributed by atoms with van der Waals surface area (Å²) >= 11 is 7.17. The summed E-state index contributed by atoms with van der Waals surface area (Å²) in [4.78, 5) is 11.2. The van der Waals surface area contributed by atoms with E-state index in [2.05, 4.69) is 5.10 Å². The lowest BCUT2D eigenvalue weighted by Crippen LogP contribution is -1.99. The number of carbonyl (C=O) groups excluding carboxylic acids is 1. The van der Waals surface area contributed by atoms with Crippen LogP contribution in [0.4, 0.5) is 8.78 Å². The van der Waals surface area contributed by atoms with E-state index < -0.39 is 11.6 Å². The van der Waals surface area contributed by atoms with E-state index in [1.54, 1.807) is 11.4 Å². The molecule has 2 heterocycles. The average Bonchev–Trinajstić information content (AvgIpc) is 3.04. The standard InChI is InChI=1S/C14H7ClF2N2OS/c15-13-3-8(7-21-13)14-9(6-20)5-19(18-14)12-2-1-10(16)4-11(12)17/h1-7H. The first-order valence-corrected chi connectivity index (χ1v) is 7.09. The summed E-state index contributed by atoms with van der Waals surface area (Å²) in [6.07, 6.45) is 2.02. The van der Waals surface area contributed by atoms with Gasteiger partial charge in [0.15, 0.2) is 12.1 Å². The number of thiophene rings is 1. The third-order valence-corrected chi connectivity index (χ3v) is 3.96. The number of hydrogen-bond acceptors (Lipinski definition) is 3. The van der Waals surface area contributed by atoms with Gasteiger partial charge in [0.25, 0.3) is 0 Å². The zero-order valence-electron chi connectivity index (χ0n) is 10.4. The van der Waals surface area contributed by atoms with Gasteiger partial charge < -0.3 is 0 Å². The molecule has 0 N–H and O–H groups in total. The van der Waals surface area contributed by atoms with Crippen LogP contribution in [0.5, 0.6) is 0 Å². The van der Waals surface area contributed by atoms with Crippen molar-refractivity contribution in [3.63, 3.8) is 0 Å². The van der Waals surface area contributed by atoms with Crippen LogP contribution in [0.2, 0.25) is 4.34 Å². The Bertz CT molecular complexity index is 828. The number of hydrogen-bond donors (Lipinski definition) is 0. The number of carbonyl (C=O) groups is 1. The van der Waals surface area contributed by atoms with Crippen molar-refractivity contribution >= 4 is 29.2 Å². The maximum Gasteiger partial charge on any atom is 0.153 e. The molecule has 0 atom stereocenters. The van der Waals surface area contributed by atoms with Crippen LogP contribution in [-0.2, 0) is 0 Å². The molecule has 0 saturated heterocycles. The molecule has 0 saturated carbocycles. The van der Waals surface area contributed by atoms with Crippen LogP contribution in [0.1, 0.15) is 10.4 Å². The lowest BCUT2D eigenvalue weighted by Gasteiger charge is -2.02. The summed E-state index contributed by atoms with van der Waals surface area (Å²) in [7, 11) is 0. The van der Waals surface area contributed by atoms with E-state index in [0.29, 0.717) is 27.4 Å². The van der Waals surface area contributed by atoms with E-state index in [1.807, 2.05) is 0 Å². The van der Waals surface area contributed by atoms with Crippen LogP contribution >= 0.6 is 22.9 Å². The van der Waals surface area contributed by atoms with Crippen LogP contribution < -0.4 is 0 Å². The number of aromatic nitrogens is 2. The van der Waals surface area contributed by atoms with Gasteiger partial charge in [-0.25, -0.2) is 13.5 Å². The highest BCUT2D eigenvalue weighted by atomic mass is 35.5. The molecule has 0 radical (unpaired) electrons. The number of halogens is 3. The van der Waals surface area contributed by atoms with Gasteiger partial charge in [-0.3, -0.25) is 4.79 Å². The van der Waals surface area contributed by atoms with E-state index in [0.717, 1.165) is 12.1 Å². The monoisotopic (exact) mass is 324 g/mol. The first kappa shape index (κ1) is 13.9. The molecular weight excluding hydrogens is 318 g/mol. The summed E-state index contributed by atoms with van der Waals surface area (Å²) in [5.74, 6) is -1.44. The zero-order valence-corrected chi connectivity index (χ0v) is 12.0. The average molecular weight is 325 g/mol. The molecule has 0 bridgehead atoms. The van der Waals surface area contributed by atoms with Crippen molar-refractivity contribution in [2.24, 2.45) is 0 Å². The molecule has 7 heteroatoms. The van der Waals surface area contributed by atoms with Crippen LogP contribution in [0.3, 0.4) is 0 Å². The molecule has 3 nitrogen and oxygen atoms in total. The lowest BCUT2D eigenvalue weighted by atomic mass is 10.2. The van der Waals surface area contributed by atoms with Gasteiger partial charge in [0.2, 0.25) is 0 Å². The van der Waals surface area contributed by atoms with Crippen molar-refractivity contribution in [3.05, 3.63) is 57.4 Å². The minimum atomic E-state index is -0.759. The van der Waals surface area contributed by atoms with E-state index >= 15 is 0 Å². The molecule has 3 aromatic rings. The van der Waals surface area contributed by atoms with Gasteiger partial charge in [-0.2, -0.15) is 5.10 Å². The molecule has 0 unspecified atom stereocenters. The number of nitrogens with zero attached hydrogens (tertiary/aromatic N) is 2. The van der Waals surface area contributed by atoms with Gasteiger partial charge in [0, 0.05) is 23.2 Å². The third kappa shape index (κ3) is 2.59. The van der Waals surface area contributed by atoms with Crippen molar-refractivity contribution in [3.8, 4) is 16.9 Å². The van der Waals surface area contributed by atoms with Crippen molar-refractivity contribution in [2.45, 2.75) is 0 Å². The maximum atomic E-state index is 13.8. The highest BCUT2D eigenvalue weighted by Gasteiger charge is 2.15. The summed E-state index contributed by atoms with van der Waals surface area (Å²) in [5, 5.41) is 5.95. The Morgan fingerprint density at radius 1 is 1.29 bits per heavy atom. The first-order chi connectivity index (χ1) is 10.1. The van der Waals surface area contributed by atoms with E-state index in [9.17, 15) is 13.6 Å². The van der Waals surface area contributed by atoms with Gasteiger partial charge in [0.05, 0.1) is 9.90 Å². The fraction of sp³-hybridized carbons (Fsp3) is 0. The highest BCUT2D eigenvalue weighted by Crippen LogP contribution is 2.30. The predicted molar refractivity (Wildman–Crippen MR) is 77.2 cm³/mol. The molecule has 0 spiro atoms. The second-order valence-electron chi connectivity index (χ2n) is 4.23. The Balaban J connectivity index is 2.13. The second-order valence-corrected chi connectivity index (χ2v) is 5.77. The normalized spacial score (nSPS) is 10.8. The maximum absolute atomic E-state index is 13.8. The molecule has 0 aliphatic rings. The molecule has 0 fully saturated rings. The fourth-order valence-corrected chi connectivity index (χ4v) is 2.79. The molecule has 1 aromatic carbocycles. The lowest BCUT2D eigenvalue weighted by molar-refractivity contribution is 0.112. The highest BCUT2D eigenvalue weighted by molar-refractivity contribution is 7.14. The quantitative estimate of drug-likeness (QED) is 0.671. The molecular formula is C14H7ClF2N2OS. The van der Waals surface area contributed by atoms with Crippen LogP contribution in [0.25, 0.3) is 16.9 Å². The van der Waals surface area contributed by atoms with Crippen molar-refractivity contribution in [2.75, 3.05) is 0 Å². The van der Waals surface area contributed by atoms with Crippen molar-refractivity contribution in [1.29, 1.82) is 0 Å². The van der Waals surface area contributed by atoms with E-state index in [1.165, 1.54) is 28.3 Å². The molecule has 106 valence electrons. The molecule has 2 aromatic heterocycles. The predicted octanol–water partition coefficient (Wildman–Crippen LogP) is 4.34.